The van der Waals surface area contributed by atoms with E-state index in [1.165, 1.54) is 0 Å². The summed E-state index contributed by atoms with van der Waals surface area (Å²) in [5, 5.41) is 0. The molecule has 0 radical (unpaired) electrons. The predicted molar refractivity (Wildman–Crippen MR) is 56.7 cm³/mol. The van der Waals surface area contributed by atoms with E-state index in [0.29, 0.717) is 0 Å². The molecule has 0 aromatic heterocycles. The summed E-state index contributed by atoms with van der Waals surface area (Å²) >= 11 is -0.128. The Morgan fingerprint density at radius 2 is 0.810 bits per heavy atom. The van der Waals surface area contributed by atoms with Crippen LogP contribution in [0.2, 0.25) is 0 Å². The van der Waals surface area contributed by atoms with Crippen molar-refractivity contribution in [1.29, 1.82) is 0 Å². The minimum absolute atomic E-state index is 0.128. The summed E-state index contributed by atoms with van der Waals surface area (Å²) in [6.07, 6.45) is 0. The van der Waals surface area contributed by atoms with Gasteiger partial charge in [0.15, 0.2) is 46.5 Å². The Labute approximate surface area is 116 Å². The van der Waals surface area contributed by atoms with Crippen molar-refractivity contribution in [2.24, 2.45) is 0 Å². The zero-order chi connectivity index (χ0) is 15.9. The van der Waals surface area contributed by atoms with Gasteiger partial charge in [-0.2, -0.15) is 0 Å². The Bertz CT molecular complexity index is 667. The smallest absolute Gasteiger partial charge is 0.198 e. The lowest BCUT2D eigenvalue weighted by Gasteiger charge is -2.08. The molecule has 0 aliphatic rings. The van der Waals surface area contributed by atoms with Crippen LogP contribution in [0.5, 0.6) is 0 Å². The zero-order valence-corrected chi connectivity index (χ0v) is 10.4. The Morgan fingerprint density at radius 1 is 0.476 bits per heavy atom. The van der Waals surface area contributed by atoms with Crippen LogP contribution in [0.25, 0.3) is 0 Å². The molecular formula is C12H2F8S. The highest BCUT2D eigenvalue weighted by Crippen LogP contribution is 2.35. The maximum atomic E-state index is 13.4. The van der Waals surface area contributed by atoms with Crippen molar-refractivity contribution in [3.8, 4) is 0 Å². The van der Waals surface area contributed by atoms with Gasteiger partial charge in [-0.25, -0.2) is 35.1 Å². The van der Waals surface area contributed by atoms with Gasteiger partial charge in [0, 0.05) is 0 Å². The molecule has 2 aromatic rings. The standard InChI is InChI=1S/C12H2F8S/c13-3-1-5(9(17)11(19)7(3)15)21-6-2-4(14)8(16)12(20)10(6)18/h1-2H. The zero-order valence-electron chi connectivity index (χ0n) is 9.59. The van der Waals surface area contributed by atoms with Gasteiger partial charge >= 0.3 is 0 Å². The molecule has 21 heavy (non-hydrogen) atoms. The fraction of sp³-hybridized carbons (Fsp3) is 0. The summed E-state index contributed by atoms with van der Waals surface area (Å²) in [6, 6.07) is 0.355. The molecule has 2 rings (SSSR count). The van der Waals surface area contributed by atoms with E-state index < -0.39 is 56.3 Å². The average molecular weight is 330 g/mol. The van der Waals surface area contributed by atoms with E-state index >= 15 is 0 Å². The second-order valence-corrected chi connectivity index (χ2v) is 4.78. The Kier molecular flexibility index (Phi) is 4.13. The van der Waals surface area contributed by atoms with Crippen molar-refractivity contribution in [3.05, 3.63) is 58.7 Å². The van der Waals surface area contributed by atoms with Crippen molar-refractivity contribution < 1.29 is 35.1 Å². The lowest BCUT2D eigenvalue weighted by Crippen LogP contribution is -2.00. The van der Waals surface area contributed by atoms with Gasteiger partial charge in [-0.05, 0) is 12.1 Å². The van der Waals surface area contributed by atoms with E-state index in [9.17, 15) is 35.1 Å². The van der Waals surface area contributed by atoms with E-state index in [0.717, 1.165) is 0 Å². The minimum atomic E-state index is -2.17. The highest BCUT2D eigenvalue weighted by atomic mass is 32.2. The van der Waals surface area contributed by atoms with E-state index in [-0.39, 0.29) is 23.9 Å². The lowest BCUT2D eigenvalue weighted by molar-refractivity contribution is 0.396. The fourth-order valence-electron chi connectivity index (χ4n) is 1.37. The van der Waals surface area contributed by atoms with Crippen molar-refractivity contribution in [3.63, 3.8) is 0 Å². The van der Waals surface area contributed by atoms with Crippen molar-refractivity contribution in [2.75, 3.05) is 0 Å². The average Bonchev–Trinajstić information content (AvgIpc) is 2.45. The molecule has 0 atom stereocenters. The van der Waals surface area contributed by atoms with Gasteiger partial charge in [0.25, 0.3) is 0 Å². The van der Waals surface area contributed by atoms with Crippen LogP contribution in [0, 0.1) is 46.5 Å². The predicted octanol–water partition coefficient (Wildman–Crippen LogP) is 4.95. The molecule has 0 spiro atoms. The third-order valence-electron chi connectivity index (χ3n) is 2.36. The van der Waals surface area contributed by atoms with Gasteiger partial charge in [0.1, 0.15) is 0 Å². The van der Waals surface area contributed by atoms with Crippen LogP contribution >= 0.6 is 11.8 Å². The van der Waals surface area contributed by atoms with Gasteiger partial charge in [-0.1, -0.05) is 11.8 Å². The van der Waals surface area contributed by atoms with Crippen LogP contribution in [0.15, 0.2) is 21.9 Å². The lowest BCUT2D eigenvalue weighted by atomic mass is 10.3. The number of benzene rings is 2. The Balaban J connectivity index is 2.54. The van der Waals surface area contributed by atoms with Crippen molar-refractivity contribution in [1.82, 2.24) is 0 Å². The van der Waals surface area contributed by atoms with E-state index in [4.69, 9.17) is 0 Å². The molecule has 0 aliphatic heterocycles. The normalized spacial score (nSPS) is 11.0. The summed E-state index contributed by atoms with van der Waals surface area (Å²) in [5.41, 5.74) is 0. The molecule has 0 nitrogen and oxygen atoms in total. The third-order valence-corrected chi connectivity index (χ3v) is 3.39. The van der Waals surface area contributed by atoms with Crippen LogP contribution < -0.4 is 0 Å². The van der Waals surface area contributed by atoms with Gasteiger partial charge in [-0.15, -0.1) is 0 Å². The first-order valence-electron chi connectivity index (χ1n) is 5.07. The molecule has 0 unspecified atom stereocenters. The van der Waals surface area contributed by atoms with Gasteiger partial charge in [0.2, 0.25) is 0 Å². The van der Waals surface area contributed by atoms with Crippen molar-refractivity contribution >= 4 is 11.8 Å². The van der Waals surface area contributed by atoms with Crippen molar-refractivity contribution in [2.45, 2.75) is 9.79 Å². The molecule has 0 N–H and O–H groups in total. The van der Waals surface area contributed by atoms with Crippen LogP contribution in [0.4, 0.5) is 35.1 Å². The molecule has 9 heteroatoms. The van der Waals surface area contributed by atoms with E-state index in [2.05, 4.69) is 0 Å². The first-order chi connectivity index (χ1) is 9.73. The molecule has 0 heterocycles. The molecule has 112 valence electrons. The molecule has 0 saturated carbocycles. The molecule has 0 saturated heterocycles. The van der Waals surface area contributed by atoms with Crippen LogP contribution in [-0.2, 0) is 0 Å². The number of rotatable bonds is 2. The summed E-state index contributed by atoms with van der Waals surface area (Å²) in [6.45, 7) is 0. The molecular weight excluding hydrogens is 328 g/mol. The minimum Gasteiger partial charge on any atom is -0.204 e. The van der Waals surface area contributed by atoms with E-state index in [1.807, 2.05) is 0 Å². The second kappa shape index (κ2) is 5.55. The monoisotopic (exact) mass is 330 g/mol. The maximum absolute atomic E-state index is 13.4. The Morgan fingerprint density at radius 3 is 1.14 bits per heavy atom. The second-order valence-electron chi connectivity index (χ2n) is 3.70. The number of hydrogen-bond donors (Lipinski definition) is 0. The third kappa shape index (κ3) is 2.69. The molecule has 0 fully saturated rings. The van der Waals surface area contributed by atoms with Crippen LogP contribution in [0.3, 0.4) is 0 Å². The largest absolute Gasteiger partial charge is 0.204 e. The van der Waals surface area contributed by atoms with Crippen LogP contribution in [0.1, 0.15) is 0 Å². The molecule has 0 amide bonds. The Hall–Kier alpha value is -1.77. The quantitative estimate of drug-likeness (QED) is 0.426. The number of hydrogen-bond acceptors (Lipinski definition) is 1. The topological polar surface area (TPSA) is 0 Å². The molecule has 2 aromatic carbocycles. The summed E-state index contributed by atoms with van der Waals surface area (Å²) < 4.78 is 104. The highest BCUT2D eigenvalue weighted by Gasteiger charge is 2.23. The van der Waals surface area contributed by atoms with E-state index in [1.54, 1.807) is 0 Å². The van der Waals surface area contributed by atoms with Gasteiger partial charge in [-0.3, -0.25) is 0 Å². The number of halogens is 8. The van der Waals surface area contributed by atoms with Crippen LogP contribution in [-0.4, -0.2) is 0 Å². The SMILES string of the molecule is Fc1cc(Sc2cc(F)c(F)c(F)c2F)c(F)c(F)c1F. The summed E-state index contributed by atoms with van der Waals surface area (Å²) in [7, 11) is 0. The first kappa shape index (κ1) is 15.6. The summed E-state index contributed by atoms with van der Waals surface area (Å²) in [5.74, 6) is -15.8. The highest BCUT2D eigenvalue weighted by molar-refractivity contribution is 7.99. The molecule has 0 bridgehead atoms. The van der Waals surface area contributed by atoms with Gasteiger partial charge in [0.05, 0.1) is 9.79 Å². The van der Waals surface area contributed by atoms with Gasteiger partial charge < -0.3 is 0 Å². The fourth-order valence-corrected chi connectivity index (χ4v) is 2.29. The maximum Gasteiger partial charge on any atom is 0.198 e. The summed E-state index contributed by atoms with van der Waals surface area (Å²) in [4.78, 5) is -1.92. The first-order valence-corrected chi connectivity index (χ1v) is 5.89. The molecule has 0 aliphatic carbocycles.